The van der Waals surface area contributed by atoms with Gasteiger partial charge in [-0.05, 0) is 37.5 Å². The van der Waals surface area contributed by atoms with Crippen molar-refractivity contribution in [3.8, 4) is 0 Å². The number of sulfonamides is 1. The van der Waals surface area contributed by atoms with Crippen LogP contribution in [0.25, 0.3) is 0 Å². The highest BCUT2D eigenvalue weighted by Crippen LogP contribution is 2.21. The lowest BCUT2D eigenvalue weighted by Gasteiger charge is -2.20. The van der Waals surface area contributed by atoms with Gasteiger partial charge >= 0.3 is 0 Å². The smallest absolute Gasteiger partial charge is 0.251 e. The topological polar surface area (TPSA) is 66.5 Å². The quantitative estimate of drug-likeness (QED) is 0.904. The largest absolute Gasteiger partial charge is 0.352 e. The Morgan fingerprint density at radius 3 is 2.50 bits per heavy atom. The zero-order valence-electron chi connectivity index (χ0n) is 13.0. The van der Waals surface area contributed by atoms with Gasteiger partial charge in [0.05, 0.1) is 4.90 Å². The summed E-state index contributed by atoms with van der Waals surface area (Å²) >= 11 is 0. The number of hydrogen-bond donors (Lipinski definition) is 1. The second kappa shape index (κ2) is 7.74. The molecule has 0 atom stereocenters. The van der Waals surface area contributed by atoms with E-state index in [0.29, 0.717) is 25.2 Å². The highest BCUT2D eigenvalue weighted by Gasteiger charge is 2.25. The Kier molecular flexibility index (Phi) is 5.97. The molecule has 0 bridgehead atoms. The van der Waals surface area contributed by atoms with Crippen LogP contribution < -0.4 is 5.32 Å². The third-order valence-electron chi connectivity index (χ3n) is 3.83. The molecule has 22 heavy (non-hydrogen) atoms. The summed E-state index contributed by atoms with van der Waals surface area (Å²) in [4.78, 5) is 12.2. The van der Waals surface area contributed by atoms with Crippen LogP contribution in [0.2, 0.25) is 0 Å². The van der Waals surface area contributed by atoms with Crippen molar-refractivity contribution in [1.29, 1.82) is 0 Å². The van der Waals surface area contributed by atoms with E-state index in [4.69, 9.17) is 0 Å². The molecule has 6 heteroatoms. The minimum Gasteiger partial charge on any atom is -0.352 e. The molecule has 1 aromatic carbocycles. The summed E-state index contributed by atoms with van der Waals surface area (Å²) < 4.78 is 27.0. The summed E-state index contributed by atoms with van der Waals surface area (Å²) in [7, 11) is -3.51. The van der Waals surface area contributed by atoms with Crippen LogP contribution in [0.3, 0.4) is 0 Å². The Morgan fingerprint density at radius 1 is 1.18 bits per heavy atom. The second-order valence-electron chi connectivity index (χ2n) is 5.60. The van der Waals surface area contributed by atoms with Gasteiger partial charge in [-0.3, -0.25) is 4.79 Å². The van der Waals surface area contributed by atoms with Gasteiger partial charge in [0, 0.05) is 25.2 Å². The maximum Gasteiger partial charge on any atom is 0.251 e. The van der Waals surface area contributed by atoms with Crippen LogP contribution in [0.15, 0.2) is 29.2 Å². The van der Waals surface area contributed by atoms with Crippen molar-refractivity contribution in [2.24, 2.45) is 0 Å². The molecule has 1 amide bonds. The average molecular weight is 324 g/mol. The number of carbonyl (C=O) groups is 1. The van der Waals surface area contributed by atoms with Gasteiger partial charge in [0.1, 0.15) is 0 Å². The fraction of sp³-hybridized carbons (Fsp3) is 0.562. The SMILES string of the molecule is CCCNC(=O)c1cccc(S(=O)(=O)N2CCCCCC2)c1. The van der Waals surface area contributed by atoms with E-state index in [9.17, 15) is 13.2 Å². The first-order valence-electron chi connectivity index (χ1n) is 7.94. The minimum absolute atomic E-state index is 0.207. The number of hydrogen-bond acceptors (Lipinski definition) is 3. The Morgan fingerprint density at radius 2 is 1.86 bits per heavy atom. The number of rotatable bonds is 5. The van der Waals surface area contributed by atoms with E-state index >= 15 is 0 Å². The van der Waals surface area contributed by atoms with Crippen LogP contribution in [0.5, 0.6) is 0 Å². The highest BCUT2D eigenvalue weighted by atomic mass is 32.2. The molecule has 0 aromatic heterocycles. The Hall–Kier alpha value is -1.40. The molecule has 0 aliphatic carbocycles. The monoisotopic (exact) mass is 324 g/mol. The Balaban J connectivity index is 2.21. The molecule has 0 saturated carbocycles. The summed E-state index contributed by atoms with van der Waals surface area (Å²) in [5.41, 5.74) is 0.393. The van der Waals surface area contributed by atoms with Gasteiger partial charge in [-0.1, -0.05) is 25.8 Å². The van der Waals surface area contributed by atoms with Crippen LogP contribution in [0.1, 0.15) is 49.4 Å². The Labute approximate surface area is 132 Å². The number of amides is 1. The van der Waals surface area contributed by atoms with Gasteiger partial charge in [0.25, 0.3) is 5.91 Å². The number of nitrogens with one attached hydrogen (secondary N) is 1. The normalized spacial score (nSPS) is 17.0. The molecule has 0 spiro atoms. The molecular formula is C16H24N2O3S. The predicted molar refractivity (Wildman–Crippen MR) is 86.3 cm³/mol. The van der Waals surface area contributed by atoms with Gasteiger partial charge in [0.15, 0.2) is 0 Å². The summed E-state index contributed by atoms with van der Waals surface area (Å²) in [6, 6.07) is 6.32. The van der Waals surface area contributed by atoms with Crippen LogP contribution in [-0.4, -0.2) is 38.3 Å². The van der Waals surface area contributed by atoms with Gasteiger partial charge in [-0.25, -0.2) is 8.42 Å². The Bertz CT molecular complexity index is 606. The molecular weight excluding hydrogens is 300 g/mol. The van der Waals surface area contributed by atoms with Gasteiger partial charge in [0.2, 0.25) is 10.0 Å². The zero-order valence-corrected chi connectivity index (χ0v) is 13.9. The molecule has 2 rings (SSSR count). The van der Waals surface area contributed by atoms with E-state index in [1.54, 1.807) is 22.5 Å². The molecule has 1 aliphatic heterocycles. The fourth-order valence-corrected chi connectivity index (χ4v) is 4.13. The van der Waals surface area contributed by atoms with Crippen molar-refractivity contribution in [1.82, 2.24) is 9.62 Å². The summed E-state index contributed by atoms with van der Waals surface area (Å²) in [5.74, 6) is -0.227. The van der Waals surface area contributed by atoms with Gasteiger partial charge in [-0.15, -0.1) is 0 Å². The molecule has 0 radical (unpaired) electrons. The lowest BCUT2D eigenvalue weighted by atomic mass is 10.2. The van der Waals surface area contributed by atoms with Gasteiger partial charge in [-0.2, -0.15) is 4.31 Å². The van der Waals surface area contributed by atoms with Crippen LogP contribution in [-0.2, 0) is 10.0 Å². The van der Waals surface area contributed by atoms with Crippen LogP contribution >= 0.6 is 0 Å². The van der Waals surface area contributed by atoms with Crippen molar-refractivity contribution in [2.45, 2.75) is 43.9 Å². The maximum absolute atomic E-state index is 12.7. The molecule has 122 valence electrons. The van der Waals surface area contributed by atoms with Crippen LogP contribution in [0.4, 0.5) is 0 Å². The van der Waals surface area contributed by atoms with E-state index in [0.717, 1.165) is 32.1 Å². The second-order valence-corrected chi connectivity index (χ2v) is 7.54. The first kappa shape index (κ1) is 17.0. The number of nitrogens with zero attached hydrogens (tertiary/aromatic N) is 1. The lowest BCUT2D eigenvalue weighted by Crippen LogP contribution is -2.32. The number of carbonyl (C=O) groups excluding carboxylic acids is 1. The molecule has 1 saturated heterocycles. The summed E-state index contributed by atoms with van der Waals surface area (Å²) in [6.07, 6.45) is 4.79. The van der Waals surface area contributed by atoms with E-state index < -0.39 is 10.0 Å². The molecule has 1 N–H and O–H groups in total. The van der Waals surface area contributed by atoms with Crippen molar-refractivity contribution in [3.05, 3.63) is 29.8 Å². The maximum atomic E-state index is 12.7. The molecule has 0 unspecified atom stereocenters. The lowest BCUT2D eigenvalue weighted by molar-refractivity contribution is 0.0953. The first-order valence-corrected chi connectivity index (χ1v) is 9.38. The molecule has 5 nitrogen and oxygen atoms in total. The van der Waals surface area contributed by atoms with E-state index in [2.05, 4.69) is 5.32 Å². The van der Waals surface area contributed by atoms with Crippen molar-refractivity contribution in [3.63, 3.8) is 0 Å². The molecule has 1 heterocycles. The third kappa shape index (κ3) is 4.08. The minimum atomic E-state index is -3.51. The molecule has 1 aliphatic rings. The summed E-state index contributed by atoms with van der Waals surface area (Å²) in [6.45, 7) is 3.69. The van der Waals surface area contributed by atoms with Gasteiger partial charge < -0.3 is 5.32 Å². The summed E-state index contributed by atoms with van der Waals surface area (Å²) in [5, 5.41) is 2.77. The third-order valence-corrected chi connectivity index (χ3v) is 5.73. The molecule has 1 aromatic rings. The van der Waals surface area contributed by atoms with E-state index in [-0.39, 0.29) is 10.8 Å². The molecule has 1 fully saturated rings. The van der Waals surface area contributed by atoms with E-state index in [1.807, 2.05) is 6.92 Å². The average Bonchev–Trinajstić information content (AvgIpc) is 2.82. The first-order chi connectivity index (χ1) is 10.6. The predicted octanol–water partition coefficient (Wildman–Crippen LogP) is 2.39. The number of benzene rings is 1. The standard InChI is InChI=1S/C16H24N2O3S/c1-2-10-17-16(19)14-8-7-9-15(13-14)22(20,21)18-11-5-3-4-6-12-18/h7-9,13H,2-6,10-12H2,1H3,(H,17,19). The van der Waals surface area contributed by atoms with E-state index in [1.165, 1.54) is 6.07 Å². The highest BCUT2D eigenvalue weighted by molar-refractivity contribution is 7.89. The van der Waals surface area contributed by atoms with Crippen molar-refractivity contribution >= 4 is 15.9 Å². The van der Waals surface area contributed by atoms with Crippen LogP contribution in [0, 0.1) is 0 Å². The fourth-order valence-electron chi connectivity index (χ4n) is 2.57. The van der Waals surface area contributed by atoms with Crippen molar-refractivity contribution in [2.75, 3.05) is 19.6 Å². The van der Waals surface area contributed by atoms with Crippen molar-refractivity contribution < 1.29 is 13.2 Å². The zero-order chi connectivity index (χ0) is 16.0.